The third kappa shape index (κ3) is 2.79. The van der Waals surface area contributed by atoms with Crippen LogP contribution in [0.2, 0.25) is 0 Å². The Balaban J connectivity index is 1.83. The van der Waals surface area contributed by atoms with Crippen molar-refractivity contribution in [1.82, 2.24) is 4.90 Å². The van der Waals surface area contributed by atoms with Crippen molar-refractivity contribution in [2.45, 2.75) is 64.1 Å². The Morgan fingerprint density at radius 2 is 2.00 bits per heavy atom. The van der Waals surface area contributed by atoms with Crippen LogP contribution in [-0.4, -0.2) is 23.0 Å². The maximum atomic E-state index is 6.29. The van der Waals surface area contributed by atoms with Gasteiger partial charge in [0.25, 0.3) is 0 Å². The fraction of sp³-hybridized carbons (Fsp3) is 0.765. The van der Waals surface area contributed by atoms with Gasteiger partial charge in [0.05, 0.1) is 12.8 Å². The summed E-state index contributed by atoms with van der Waals surface area (Å²) in [7, 11) is 0. The Bertz CT molecular complexity index is 414. The van der Waals surface area contributed by atoms with E-state index in [1.807, 2.05) is 6.07 Å². The summed E-state index contributed by atoms with van der Waals surface area (Å²) in [4.78, 5) is 2.68. The Morgan fingerprint density at radius 3 is 2.50 bits per heavy atom. The normalized spacial score (nSPS) is 34.6. The minimum atomic E-state index is 0.186. The predicted octanol–water partition coefficient (Wildman–Crippen LogP) is 3.40. The van der Waals surface area contributed by atoms with Gasteiger partial charge in [0, 0.05) is 18.1 Å². The van der Waals surface area contributed by atoms with Crippen LogP contribution in [0.3, 0.4) is 0 Å². The van der Waals surface area contributed by atoms with E-state index in [4.69, 9.17) is 10.2 Å². The SMILES string of the molecule is CC1CC(C)CC(CN)(N(Cc2ccco2)C2CC2)C1. The van der Waals surface area contributed by atoms with E-state index in [9.17, 15) is 0 Å². The molecule has 2 atom stereocenters. The number of nitrogens with zero attached hydrogens (tertiary/aromatic N) is 1. The van der Waals surface area contributed by atoms with Gasteiger partial charge in [0.2, 0.25) is 0 Å². The second-order valence-corrected chi connectivity index (χ2v) is 7.22. The lowest BCUT2D eigenvalue weighted by molar-refractivity contribution is 0.00248. The van der Waals surface area contributed by atoms with Gasteiger partial charge in [-0.25, -0.2) is 0 Å². The lowest BCUT2D eigenvalue weighted by Gasteiger charge is -2.50. The van der Waals surface area contributed by atoms with E-state index in [2.05, 4.69) is 24.8 Å². The van der Waals surface area contributed by atoms with Crippen molar-refractivity contribution in [3.8, 4) is 0 Å². The van der Waals surface area contributed by atoms with Crippen LogP contribution in [0, 0.1) is 11.8 Å². The van der Waals surface area contributed by atoms with E-state index >= 15 is 0 Å². The van der Waals surface area contributed by atoms with Gasteiger partial charge in [-0.2, -0.15) is 0 Å². The molecular weight excluding hydrogens is 248 g/mol. The lowest BCUT2D eigenvalue weighted by atomic mass is 9.70. The summed E-state index contributed by atoms with van der Waals surface area (Å²) in [6.45, 7) is 6.48. The van der Waals surface area contributed by atoms with Crippen LogP contribution in [-0.2, 0) is 6.54 Å². The molecule has 0 amide bonds. The highest BCUT2D eigenvalue weighted by atomic mass is 16.3. The molecule has 2 aliphatic carbocycles. The fourth-order valence-electron chi connectivity index (χ4n) is 4.39. The maximum Gasteiger partial charge on any atom is 0.117 e. The predicted molar refractivity (Wildman–Crippen MR) is 81.2 cm³/mol. The zero-order valence-corrected chi connectivity index (χ0v) is 12.8. The molecule has 0 saturated heterocycles. The summed E-state index contributed by atoms with van der Waals surface area (Å²) in [6.07, 6.45) is 8.26. The standard InChI is InChI=1S/C17H28N2O/c1-13-8-14(2)10-17(9-13,12-18)19(15-5-6-15)11-16-4-3-7-20-16/h3-4,7,13-15H,5-6,8-12,18H2,1-2H3. The highest BCUT2D eigenvalue weighted by molar-refractivity contribution is 5.07. The van der Waals surface area contributed by atoms with Crippen LogP contribution in [0.15, 0.2) is 22.8 Å². The van der Waals surface area contributed by atoms with Crippen LogP contribution in [0.1, 0.15) is 51.7 Å². The average Bonchev–Trinajstić information content (AvgIpc) is 3.11. The van der Waals surface area contributed by atoms with Gasteiger partial charge in [-0.3, -0.25) is 4.90 Å². The highest BCUT2D eigenvalue weighted by Gasteiger charge is 2.47. The van der Waals surface area contributed by atoms with Gasteiger partial charge in [0.15, 0.2) is 0 Å². The van der Waals surface area contributed by atoms with Gasteiger partial charge in [0.1, 0.15) is 5.76 Å². The quantitative estimate of drug-likeness (QED) is 0.896. The summed E-state index contributed by atoms with van der Waals surface area (Å²) in [5.41, 5.74) is 6.47. The molecule has 0 spiro atoms. The molecule has 3 heteroatoms. The molecule has 112 valence electrons. The Morgan fingerprint density at radius 1 is 1.30 bits per heavy atom. The molecule has 1 aromatic heterocycles. The molecule has 1 aromatic rings. The Kier molecular flexibility index (Phi) is 3.91. The van der Waals surface area contributed by atoms with E-state index in [0.29, 0.717) is 0 Å². The molecule has 0 aromatic carbocycles. The van der Waals surface area contributed by atoms with E-state index in [1.165, 1.54) is 32.1 Å². The number of rotatable bonds is 5. The number of nitrogens with two attached hydrogens (primary N) is 1. The van der Waals surface area contributed by atoms with Crippen LogP contribution in [0.5, 0.6) is 0 Å². The molecule has 2 saturated carbocycles. The van der Waals surface area contributed by atoms with Crippen molar-refractivity contribution in [1.29, 1.82) is 0 Å². The summed E-state index contributed by atoms with van der Waals surface area (Å²) < 4.78 is 5.59. The Labute approximate surface area is 122 Å². The summed E-state index contributed by atoms with van der Waals surface area (Å²) >= 11 is 0. The second-order valence-electron chi connectivity index (χ2n) is 7.22. The van der Waals surface area contributed by atoms with Crippen molar-refractivity contribution in [2.24, 2.45) is 17.6 Å². The minimum absolute atomic E-state index is 0.186. The molecule has 3 nitrogen and oxygen atoms in total. The molecular formula is C17H28N2O. The minimum Gasteiger partial charge on any atom is -0.468 e. The van der Waals surface area contributed by atoms with Crippen LogP contribution in [0.25, 0.3) is 0 Å². The van der Waals surface area contributed by atoms with Crippen molar-refractivity contribution >= 4 is 0 Å². The van der Waals surface area contributed by atoms with Gasteiger partial charge < -0.3 is 10.2 Å². The molecule has 0 bridgehead atoms. The zero-order chi connectivity index (χ0) is 14.2. The van der Waals surface area contributed by atoms with Gasteiger partial charge >= 0.3 is 0 Å². The van der Waals surface area contributed by atoms with Gasteiger partial charge in [-0.15, -0.1) is 0 Å². The topological polar surface area (TPSA) is 42.4 Å². The first-order chi connectivity index (χ1) is 9.63. The van der Waals surface area contributed by atoms with E-state index in [-0.39, 0.29) is 5.54 Å². The van der Waals surface area contributed by atoms with Crippen molar-refractivity contribution in [2.75, 3.05) is 6.54 Å². The van der Waals surface area contributed by atoms with Crippen LogP contribution in [0.4, 0.5) is 0 Å². The van der Waals surface area contributed by atoms with Crippen LogP contribution >= 0.6 is 0 Å². The number of hydrogen-bond donors (Lipinski definition) is 1. The first-order valence-electron chi connectivity index (χ1n) is 8.12. The first-order valence-corrected chi connectivity index (χ1v) is 8.12. The third-order valence-electron chi connectivity index (χ3n) is 5.14. The van der Waals surface area contributed by atoms with Crippen molar-refractivity contribution in [3.05, 3.63) is 24.2 Å². The van der Waals surface area contributed by atoms with Gasteiger partial charge in [-0.1, -0.05) is 13.8 Å². The molecule has 2 fully saturated rings. The summed E-state index contributed by atoms with van der Waals surface area (Å²) in [6, 6.07) is 4.80. The molecule has 2 aliphatic rings. The molecule has 0 aliphatic heterocycles. The van der Waals surface area contributed by atoms with Crippen molar-refractivity contribution < 1.29 is 4.42 Å². The summed E-state index contributed by atoms with van der Waals surface area (Å²) in [5, 5.41) is 0. The maximum absolute atomic E-state index is 6.29. The first kappa shape index (κ1) is 14.2. The molecule has 2 N–H and O–H groups in total. The number of furan rings is 1. The molecule has 1 heterocycles. The summed E-state index contributed by atoms with van der Waals surface area (Å²) in [5.74, 6) is 2.64. The average molecular weight is 276 g/mol. The van der Waals surface area contributed by atoms with Crippen molar-refractivity contribution in [3.63, 3.8) is 0 Å². The highest BCUT2D eigenvalue weighted by Crippen LogP contribution is 2.44. The molecule has 3 rings (SSSR count). The lowest BCUT2D eigenvalue weighted by Crippen LogP contribution is -2.57. The van der Waals surface area contributed by atoms with E-state index < -0.39 is 0 Å². The van der Waals surface area contributed by atoms with E-state index in [0.717, 1.165) is 36.7 Å². The third-order valence-corrected chi connectivity index (χ3v) is 5.14. The zero-order valence-electron chi connectivity index (χ0n) is 12.8. The van der Waals surface area contributed by atoms with Gasteiger partial charge in [-0.05, 0) is 56.1 Å². The molecule has 20 heavy (non-hydrogen) atoms. The molecule has 0 radical (unpaired) electrons. The number of hydrogen-bond acceptors (Lipinski definition) is 3. The smallest absolute Gasteiger partial charge is 0.117 e. The fourth-order valence-corrected chi connectivity index (χ4v) is 4.39. The Hall–Kier alpha value is -0.800. The van der Waals surface area contributed by atoms with Crippen LogP contribution < -0.4 is 5.73 Å². The monoisotopic (exact) mass is 276 g/mol. The molecule has 2 unspecified atom stereocenters. The largest absolute Gasteiger partial charge is 0.468 e. The van der Waals surface area contributed by atoms with E-state index in [1.54, 1.807) is 6.26 Å². The second kappa shape index (κ2) is 5.53.